The normalized spacial score (nSPS) is 12.8. The third-order valence-electron chi connectivity index (χ3n) is 4.01. The Hall–Kier alpha value is -3.06. The molecule has 2 amide bonds. The number of halogens is 1. The number of esters is 1. The number of benzene rings is 2. The van der Waals surface area contributed by atoms with Gasteiger partial charge in [0.05, 0.1) is 17.9 Å². The van der Waals surface area contributed by atoms with Crippen LogP contribution in [0.25, 0.3) is 0 Å². The second kappa shape index (κ2) is 8.75. The van der Waals surface area contributed by atoms with Crippen LogP contribution in [0.2, 0.25) is 5.02 Å². The molecule has 2 aromatic carbocycles. The minimum atomic E-state index is -0.410. The zero-order chi connectivity index (χ0) is 20.1. The number of nitrogens with zero attached hydrogens (tertiary/aromatic N) is 1. The molecule has 1 N–H and O–H groups in total. The van der Waals surface area contributed by atoms with E-state index in [2.05, 4.69) is 5.32 Å². The number of hydrogen-bond acceptors (Lipinski definition) is 5. The SMILES string of the molecule is CCCOC(=O)c1ccc(NC(=O)CN2C(=O)COc3ccc(Cl)cc32)cc1. The maximum absolute atomic E-state index is 12.4. The summed E-state index contributed by atoms with van der Waals surface area (Å²) in [4.78, 5) is 37.7. The molecule has 0 aromatic heterocycles. The number of fused-ring (bicyclic) bond motifs is 1. The Balaban J connectivity index is 1.65. The van der Waals surface area contributed by atoms with Gasteiger partial charge in [-0.25, -0.2) is 4.79 Å². The van der Waals surface area contributed by atoms with Gasteiger partial charge in [-0.15, -0.1) is 0 Å². The molecule has 3 rings (SSSR count). The van der Waals surface area contributed by atoms with Crippen molar-refractivity contribution in [1.82, 2.24) is 0 Å². The summed E-state index contributed by atoms with van der Waals surface area (Å²) in [5.41, 5.74) is 1.36. The van der Waals surface area contributed by atoms with Gasteiger partial charge in [0.15, 0.2) is 6.61 Å². The zero-order valence-corrected chi connectivity index (χ0v) is 16.0. The van der Waals surface area contributed by atoms with Gasteiger partial charge in [0.1, 0.15) is 12.3 Å². The lowest BCUT2D eigenvalue weighted by molar-refractivity contribution is -0.123. The first-order valence-corrected chi connectivity index (χ1v) is 9.15. The Morgan fingerprint density at radius 2 is 1.96 bits per heavy atom. The van der Waals surface area contributed by atoms with Crippen LogP contribution in [0.1, 0.15) is 23.7 Å². The van der Waals surface area contributed by atoms with Crippen molar-refractivity contribution in [3.05, 3.63) is 53.1 Å². The van der Waals surface area contributed by atoms with E-state index in [1.807, 2.05) is 6.92 Å². The first-order valence-electron chi connectivity index (χ1n) is 8.77. The van der Waals surface area contributed by atoms with Crippen LogP contribution in [-0.4, -0.2) is 37.5 Å². The van der Waals surface area contributed by atoms with Crippen molar-refractivity contribution in [2.75, 3.05) is 30.0 Å². The summed E-state index contributed by atoms with van der Waals surface area (Å²) >= 11 is 6.00. The van der Waals surface area contributed by atoms with Gasteiger partial charge in [-0.1, -0.05) is 18.5 Å². The van der Waals surface area contributed by atoms with E-state index in [4.69, 9.17) is 21.1 Å². The number of anilines is 2. The lowest BCUT2D eigenvalue weighted by Gasteiger charge is -2.29. The standard InChI is InChI=1S/C20H19ClN2O5/c1-2-9-27-20(26)13-3-6-15(7-4-13)22-18(24)11-23-16-10-14(21)5-8-17(16)28-12-19(23)25/h3-8,10H,2,9,11-12H2,1H3,(H,22,24). The second-order valence-electron chi connectivity index (χ2n) is 6.14. The number of carbonyl (C=O) groups excluding carboxylic acids is 3. The summed E-state index contributed by atoms with van der Waals surface area (Å²) in [5, 5.41) is 3.14. The molecule has 0 fully saturated rings. The van der Waals surface area contributed by atoms with Crippen molar-refractivity contribution in [3.63, 3.8) is 0 Å². The van der Waals surface area contributed by atoms with E-state index in [0.29, 0.717) is 34.3 Å². The average Bonchev–Trinajstić information content (AvgIpc) is 2.69. The van der Waals surface area contributed by atoms with Crippen molar-refractivity contribution in [2.45, 2.75) is 13.3 Å². The lowest BCUT2D eigenvalue weighted by Crippen LogP contribution is -2.43. The highest BCUT2D eigenvalue weighted by atomic mass is 35.5. The van der Waals surface area contributed by atoms with Crippen LogP contribution in [0, 0.1) is 0 Å². The smallest absolute Gasteiger partial charge is 0.338 e. The highest BCUT2D eigenvalue weighted by Crippen LogP contribution is 2.34. The Morgan fingerprint density at radius 3 is 2.68 bits per heavy atom. The molecule has 146 valence electrons. The fourth-order valence-corrected chi connectivity index (χ4v) is 2.83. The van der Waals surface area contributed by atoms with Crippen molar-refractivity contribution in [2.24, 2.45) is 0 Å². The number of rotatable bonds is 6. The Kier molecular flexibility index (Phi) is 6.16. The second-order valence-corrected chi connectivity index (χ2v) is 6.58. The van der Waals surface area contributed by atoms with Gasteiger partial charge in [-0.2, -0.15) is 0 Å². The molecular weight excluding hydrogens is 384 g/mol. The van der Waals surface area contributed by atoms with Crippen LogP contribution >= 0.6 is 11.6 Å². The highest BCUT2D eigenvalue weighted by Gasteiger charge is 2.27. The van der Waals surface area contributed by atoms with Gasteiger partial charge in [0.2, 0.25) is 5.91 Å². The number of ether oxygens (including phenoxy) is 2. The fraction of sp³-hybridized carbons (Fsp3) is 0.250. The van der Waals surface area contributed by atoms with E-state index >= 15 is 0 Å². The predicted molar refractivity (Wildman–Crippen MR) is 105 cm³/mol. The van der Waals surface area contributed by atoms with Crippen molar-refractivity contribution in [1.29, 1.82) is 0 Å². The molecule has 0 saturated heterocycles. The first kappa shape index (κ1) is 19.7. The minimum Gasteiger partial charge on any atom is -0.482 e. The quantitative estimate of drug-likeness (QED) is 0.749. The number of hydrogen-bond donors (Lipinski definition) is 1. The summed E-state index contributed by atoms with van der Waals surface area (Å²) in [6.45, 7) is 1.94. The molecule has 1 heterocycles. The summed E-state index contributed by atoms with van der Waals surface area (Å²) in [6, 6.07) is 11.2. The first-order chi connectivity index (χ1) is 13.5. The van der Waals surface area contributed by atoms with Crippen LogP contribution < -0.4 is 15.0 Å². The third kappa shape index (κ3) is 4.61. The van der Waals surface area contributed by atoms with E-state index in [1.165, 1.54) is 4.90 Å². The molecule has 0 saturated carbocycles. The van der Waals surface area contributed by atoms with E-state index < -0.39 is 5.97 Å². The van der Waals surface area contributed by atoms with Crippen LogP contribution in [0.4, 0.5) is 11.4 Å². The molecule has 8 heteroatoms. The lowest BCUT2D eigenvalue weighted by atomic mass is 10.2. The van der Waals surface area contributed by atoms with Crippen molar-refractivity contribution >= 4 is 40.8 Å². The summed E-state index contributed by atoms with van der Waals surface area (Å²) in [5.74, 6) is -0.639. The molecule has 0 unspecified atom stereocenters. The minimum absolute atomic E-state index is 0.142. The van der Waals surface area contributed by atoms with Gasteiger partial charge in [-0.3, -0.25) is 14.5 Å². The third-order valence-corrected chi connectivity index (χ3v) is 4.24. The van der Waals surface area contributed by atoms with Gasteiger partial charge in [0, 0.05) is 10.7 Å². The van der Waals surface area contributed by atoms with Gasteiger partial charge in [-0.05, 0) is 48.9 Å². The molecule has 28 heavy (non-hydrogen) atoms. The van der Waals surface area contributed by atoms with E-state index in [9.17, 15) is 14.4 Å². The number of nitrogens with one attached hydrogen (secondary N) is 1. The number of amides is 2. The molecule has 1 aliphatic heterocycles. The molecule has 0 atom stereocenters. The molecule has 0 radical (unpaired) electrons. The van der Waals surface area contributed by atoms with Gasteiger partial charge in [0.25, 0.3) is 5.91 Å². The summed E-state index contributed by atoms with van der Waals surface area (Å²) in [6.07, 6.45) is 0.745. The Labute approximate surface area is 167 Å². The van der Waals surface area contributed by atoms with Crippen LogP contribution in [0.15, 0.2) is 42.5 Å². The summed E-state index contributed by atoms with van der Waals surface area (Å²) < 4.78 is 10.4. The number of carbonyl (C=O) groups is 3. The molecule has 0 bridgehead atoms. The largest absolute Gasteiger partial charge is 0.482 e. The van der Waals surface area contributed by atoms with Gasteiger partial charge < -0.3 is 14.8 Å². The van der Waals surface area contributed by atoms with E-state index in [1.54, 1.807) is 42.5 Å². The van der Waals surface area contributed by atoms with Crippen LogP contribution in [-0.2, 0) is 14.3 Å². The maximum Gasteiger partial charge on any atom is 0.338 e. The monoisotopic (exact) mass is 402 g/mol. The molecule has 7 nitrogen and oxygen atoms in total. The molecule has 2 aromatic rings. The van der Waals surface area contributed by atoms with Crippen molar-refractivity contribution in [3.8, 4) is 5.75 Å². The average molecular weight is 403 g/mol. The molecule has 0 aliphatic carbocycles. The zero-order valence-electron chi connectivity index (χ0n) is 15.2. The topological polar surface area (TPSA) is 84.9 Å². The Morgan fingerprint density at radius 1 is 1.21 bits per heavy atom. The summed E-state index contributed by atoms with van der Waals surface area (Å²) in [7, 11) is 0. The van der Waals surface area contributed by atoms with Crippen molar-refractivity contribution < 1.29 is 23.9 Å². The van der Waals surface area contributed by atoms with Crippen LogP contribution in [0.5, 0.6) is 5.75 Å². The molecular formula is C20H19ClN2O5. The highest BCUT2D eigenvalue weighted by molar-refractivity contribution is 6.31. The molecule has 1 aliphatic rings. The van der Waals surface area contributed by atoms with Gasteiger partial charge >= 0.3 is 5.97 Å². The maximum atomic E-state index is 12.4. The fourth-order valence-electron chi connectivity index (χ4n) is 2.66. The van der Waals surface area contributed by atoms with E-state index in [-0.39, 0.29) is 25.0 Å². The van der Waals surface area contributed by atoms with Crippen LogP contribution in [0.3, 0.4) is 0 Å². The van der Waals surface area contributed by atoms with E-state index in [0.717, 1.165) is 6.42 Å². The Bertz CT molecular complexity index is 898. The predicted octanol–water partition coefficient (Wildman–Crippen LogP) is 3.27. The molecule has 0 spiro atoms.